The molecule has 2 N–H and O–H groups in total. The van der Waals surface area contributed by atoms with Gasteiger partial charge in [0.25, 0.3) is 11.8 Å². The van der Waals surface area contributed by atoms with Gasteiger partial charge in [-0.25, -0.2) is 4.39 Å². The topological polar surface area (TPSA) is 72.6 Å². The van der Waals surface area contributed by atoms with Gasteiger partial charge in [-0.1, -0.05) is 18.2 Å². The molecule has 0 saturated carbocycles. The Morgan fingerprint density at radius 3 is 2.50 bits per heavy atom. The molecule has 0 aliphatic carbocycles. The summed E-state index contributed by atoms with van der Waals surface area (Å²) < 4.78 is 18.2. The minimum Gasteiger partial charge on any atom is -0.484 e. The summed E-state index contributed by atoms with van der Waals surface area (Å²) in [5.41, 5.74) is 6.29. The number of primary amides is 1. The predicted octanol–water partition coefficient (Wildman–Crippen LogP) is 2.52. The standard InChI is InChI=1S/C18H19FN2O3/c1-12(13-6-8-15(19)9-7-13)21(2)18(23)14-4-3-5-16(10-14)24-11-17(20)22/h3-10,12H,11H2,1-2H3,(H2,20,22). The van der Waals surface area contributed by atoms with E-state index < -0.39 is 5.91 Å². The van der Waals surface area contributed by atoms with Crippen LogP contribution in [-0.4, -0.2) is 30.4 Å². The molecular weight excluding hydrogens is 311 g/mol. The highest BCUT2D eigenvalue weighted by Crippen LogP contribution is 2.22. The largest absolute Gasteiger partial charge is 0.484 e. The van der Waals surface area contributed by atoms with Crippen molar-refractivity contribution in [3.05, 3.63) is 65.5 Å². The maximum absolute atomic E-state index is 13.0. The molecule has 0 radical (unpaired) electrons. The lowest BCUT2D eigenvalue weighted by Crippen LogP contribution is -2.29. The number of hydrogen-bond donors (Lipinski definition) is 1. The molecule has 0 aliphatic rings. The van der Waals surface area contributed by atoms with Gasteiger partial charge in [0.1, 0.15) is 11.6 Å². The molecule has 0 saturated heterocycles. The second-order valence-electron chi connectivity index (χ2n) is 5.43. The Hall–Kier alpha value is -2.89. The molecule has 1 unspecified atom stereocenters. The third-order valence-electron chi connectivity index (χ3n) is 3.72. The molecule has 2 aromatic carbocycles. The van der Waals surface area contributed by atoms with E-state index in [9.17, 15) is 14.0 Å². The Kier molecular flexibility index (Phi) is 5.52. The second-order valence-corrected chi connectivity index (χ2v) is 5.43. The summed E-state index contributed by atoms with van der Waals surface area (Å²) in [6.45, 7) is 1.61. The van der Waals surface area contributed by atoms with E-state index in [-0.39, 0.29) is 24.4 Å². The van der Waals surface area contributed by atoms with E-state index in [1.54, 1.807) is 48.3 Å². The lowest BCUT2D eigenvalue weighted by molar-refractivity contribution is -0.119. The first-order valence-electron chi connectivity index (χ1n) is 7.42. The van der Waals surface area contributed by atoms with Gasteiger partial charge in [0.2, 0.25) is 0 Å². The number of halogens is 1. The van der Waals surface area contributed by atoms with Crippen molar-refractivity contribution in [1.82, 2.24) is 4.90 Å². The lowest BCUT2D eigenvalue weighted by atomic mass is 10.1. The first-order chi connectivity index (χ1) is 11.4. The number of carbonyl (C=O) groups is 2. The van der Waals surface area contributed by atoms with Crippen LogP contribution in [0.5, 0.6) is 5.75 Å². The summed E-state index contributed by atoms with van der Waals surface area (Å²) in [7, 11) is 1.67. The summed E-state index contributed by atoms with van der Waals surface area (Å²) in [5, 5.41) is 0. The Morgan fingerprint density at radius 2 is 1.88 bits per heavy atom. The van der Waals surface area contributed by atoms with E-state index >= 15 is 0 Å². The van der Waals surface area contributed by atoms with E-state index in [0.29, 0.717) is 11.3 Å². The molecule has 0 bridgehead atoms. The van der Waals surface area contributed by atoms with Crippen LogP contribution in [0.4, 0.5) is 4.39 Å². The maximum atomic E-state index is 13.0. The Balaban J connectivity index is 2.13. The quantitative estimate of drug-likeness (QED) is 0.884. The number of amides is 2. The highest BCUT2D eigenvalue weighted by molar-refractivity contribution is 5.94. The third kappa shape index (κ3) is 4.32. The third-order valence-corrected chi connectivity index (χ3v) is 3.72. The molecule has 0 aliphatic heterocycles. The van der Waals surface area contributed by atoms with Crippen LogP contribution in [0.15, 0.2) is 48.5 Å². The molecule has 0 spiro atoms. The van der Waals surface area contributed by atoms with Crippen molar-refractivity contribution < 1.29 is 18.7 Å². The predicted molar refractivity (Wildman–Crippen MR) is 88.0 cm³/mol. The Bertz CT molecular complexity index is 731. The van der Waals surface area contributed by atoms with Crippen molar-refractivity contribution in [2.24, 2.45) is 5.73 Å². The Labute approximate surface area is 139 Å². The zero-order chi connectivity index (χ0) is 17.7. The minimum atomic E-state index is -0.589. The number of carbonyl (C=O) groups excluding carboxylic acids is 2. The average Bonchev–Trinajstić information content (AvgIpc) is 2.59. The first-order valence-corrected chi connectivity index (χ1v) is 7.42. The van der Waals surface area contributed by atoms with Crippen LogP contribution in [0, 0.1) is 5.82 Å². The second kappa shape index (κ2) is 7.59. The molecule has 2 rings (SSSR count). The number of hydrogen-bond acceptors (Lipinski definition) is 3. The van der Waals surface area contributed by atoms with Crippen molar-refractivity contribution >= 4 is 11.8 Å². The van der Waals surface area contributed by atoms with Gasteiger partial charge >= 0.3 is 0 Å². The zero-order valence-corrected chi connectivity index (χ0v) is 13.5. The van der Waals surface area contributed by atoms with Gasteiger partial charge in [0, 0.05) is 12.6 Å². The molecule has 126 valence electrons. The first kappa shape index (κ1) is 17.5. The average molecular weight is 330 g/mol. The monoisotopic (exact) mass is 330 g/mol. The number of rotatable bonds is 6. The van der Waals surface area contributed by atoms with Crippen molar-refractivity contribution in [3.8, 4) is 5.75 Å². The summed E-state index contributed by atoms with van der Waals surface area (Å²) in [6.07, 6.45) is 0. The summed E-state index contributed by atoms with van der Waals surface area (Å²) in [5.74, 6) is -0.730. The van der Waals surface area contributed by atoms with Gasteiger partial charge in [-0.2, -0.15) is 0 Å². The minimum absolute atomic E-state index is 0.212. The molecule has 0 aromatic heterocycles. The zero-order valence-electron chi connectivity index (χ0n) is 13.5. The maximum Gasteiger partial charge on any atom is 0.255 e. The summed E-state index contributed by atoms with van der Waals surface area (Å²) >= 11 is 0. The highest BCUT2D eigenvalue weighted by atomic mass is 19.1. The van der Waals surface area contributed by atoms with Crippen LogP contribution in [-0.2, 0) is 4.79 Å². The smallest absolute Gasteiger partial charge is 0.255 e. The molecule has 24 heavy (non-hydrogen) atoms. The fourth-order valence-electron chi connectivity index (χ4n) is 2.22. The normalized spacial score (nSPS) is 11.6. The van der Waals surface area contributed by atoms with Crippen LogP contribution < -0.4 is 10.5 Å². The van der Waals surface area contributed by atoms with Gasteiger partial charge < -0.3 is 15.4 Å². The van der Waals surface area contributed by atoms with E-state index in [1.807, 2.05) is 6.92 Å². The van der Waals surface area contributed by atoms with Crippen LogP contribution in [0.25, 0.3) is 0 Å². The SMILES string of the molecule is CC(c1ccc(F)cc1)N(C)C(=O)c1cccc(OCC(N)=O)c1. The molecule has 6 heteroatoms. The molecule has 0 fully saturated rings. The van der Waals surface area contributed by atoms with Gasteiger partial charge in [-0.3, -0.25) is 9.59 Å². The van der Waals surface area contributed by atoms with Gasteiger partial charge in [0.05, 0.1) is 6.04 Å². The van der Waals surface area contributed by atoms with E-state index in [4.69, 9.17) is 10.5 Å². The van der Waals surface area contributed by atoms with E-state index in [0.717, 1.165) is 5.56 Å². The molecular formula is C18H19FN2O3. The van der Waals surface area contributed by atoms with Crippen molar-refractivity contribution in [2.75, 3.05) is 13.7 Å². The van der Waals surface area contributed by atoms with E-state index in [1.165, 1.54) is 12.1 Å². The molecule has 2 aromatic rings. The summed E-state index contributed by atoms with van der Waals surface area (Å²) in [6, 6.07) is 12.3. The number of nitrogens with two attached hydrogens (primary N) is 1. The van der Waals surface area contributed by atoms with Crippen molar-refractivity contribution in [3.63, 3.8) is 0 Å². The summed E-state index contributed by atoms with van der Waals surface area (Å²) in [4.78, 5) is 24.9. The molecule has 2 amide bonds. The van der Waals surface area contributed by atoms with Crippen LogP contribution in [0.3, 0.4) is 0 Å². The fraction of sp³-hybridized carbons (Fsp3) is 0.222. The number of nitrogens with zero attached hydrogens (tertiary/aromatic N) is 1. The van der Waals surface area contributed by atoms with Gasteiger partial charge in [-0.05, 0) is 42.8 Å². The molecule has 5 nitrogen and oxygen atoms in total. The Morgan fingerprint density at radius 1 is 1.21 bits per heavy atom. The van der Waals surface area contributed by atoms with Gasteiger partial charge in [0.15, 0.2) is 6.61 Å². The fourth-order valence-corrected chi connectivity index (χ4v) is 2.22. The molecule has 1 atom stereocenters. The van der Waals surface area contributed by atoms with Crippen LogP contribution >= 0.6 is 0 Å². The number of ether oxygens (including phenoxy) is 1. The number of benzene rings is 2. The lowest BCUT2D eigenvalue weighted by Gasteiger charge is -2.25. The van der Waals surface area contributed by atoms with Crippen molar-refractivity contribution in [2.45, 2.75) is 13.0 Å². The molecule has 0 heterocycles. The van der Waals surface area contributed by atoms with Crippen molar-refractivity contribution in [1.29, 1.82) is 0 Å². The van der Waals surface area contributed by atoms with E-state index in [2.05, 4.69) is 0 Å². The highest BCUT2D eigenvalue weighted by Gasteiger charge is 2.19. The van der Waals surface area contributed by atoms with Gasteiger partial charge in [-0.15, -0.1) is 0 Å². The van der Waals surface area contributed by atoms with Crippen LogP contribution in [0.1, 0.15) is 28.9 Å². The van der Waals surface area contributed by atoms with Crippen LogP contribution in [0.2, 0.25) is 0 Å².